The quantitative estimate of drug-likeness (QED) is 0.193. The number of fused-ring (bicyclic) bond motifs is 2. The molecule has 0 saturated carbocycles. The summed E-state index contributed by atoms with van der Waals surface area (Å²) in [6.07, 6.45) is 20.5. The van der Waals surface area contributed by atoms with E-state index in [1.807, 2.05) is 12.2 Å². The van der Waals surface area contributed by atoms with Gasteiger partial charge in [-0.25, -0.2) is 4.79 Å². The molecule has 3 heterocycles. The number of carbonyl (C=O) groups excluding carboxylic acids is 1. The van der Waals surface area contributed by atoms with Gasteiger partial charge in [0, 0.05) is 12.5 Å². The fourth-order valence-corrected chi connectivity index (χ4v) is 6.75. The Labute approximate surface area is 261 Å². The summed E-state index contributed by atoms with van der Waals surface area (Å²) >= 11 is 0. The van der Waals surface area contributed by atoms with Crippen LogP contribution in [-0.4, -0.2) is 62.6 Å². The molecule has 2 bridgehead atoms. The minimum atomic E-state index is -2.07. The molecule has 6 nitrogen and oxygen atoms in total. The van der Waals surface area contributed by atoms with Crippen molar-refractivity contribution >= 4 is 14.3 Å². The highest BCUT2D eigenvalue weighted by Gasteiger charge is 2.39. The van der Waals surface area contributed by atoms with Crippen molar-refractivity contribution in [2.24, 2.45) is 5.92 Å². The zero-order valence-electron chi connectivity index (χ0n) is 27.6. The summed E-state index contributed by atoms with van der Waals surface area (Å²) in [5.74, 6) is -0.0441. The van der Waals surface area contributed by atoms with Crippen LogP contribution < -0.4 is 0 Å². The topological polar surface area (TPSA) is 74.2 Å². The molecule has 3 aliphatic rings. The molecule has 0 aromatic rings. The van der Waals surface area contributed by atoms with Crippen molar-refractivity contribution in [1.29, 1.82) is 0 Å². The van der Waals surface area contributed by atoms with Crippen LogP contribution in [0.4, 0.5) is 0 Å². The monoisotopic (exact) mass is 612 g/mol. The Hall–Kier alpha value is -2.03. The summed E-state index contributed by atoms with van der Waals surface area (Å²) in [7, 11) is -2.07. The second-order valence-corrected chi connectivity index (χ2v) is 18.9. The van der Waals surface area contributed by atoms with Gasteiger partial charge in [-0.15, -0.1) is 0 Å². The molecule has 0 fully saturated rings. The molecular formula is C36H56O6Si. The van der Waals surface area contributed by atoms with Gasteiger partial charge in [0.05, 0.1) is 31.0 Å². The third-order valence-corrected chi connectivity index (χ3v) is 13.4. The number of cyclic esters (lactones) is 1. The van der Waals surface area contributed by atoms with Crippen LogP contribution in [0.2, 0.25) is 18.1 Å². The van der Waals surface area contributed by atoms with Gasteiger partial charge in [0.15, 0.2) is 8.32 Å². The lowest BCUT2D eigenvalue weighted by atomic mass is 9.91. The van der Waals surface area contributed by atoms with Gasteiger partial charge < -0.3 is 23.7 Å². The van der Waals surface area contributed by atoms with Crippen molar-refractivity contribution in [2.75, 3.05) is 6.61 Å². The van der Waals surface area contributed by atoms with Crippen LogP contribution in [-0.2, 0) is 23.4 Å². The van der Waals surface area contributed by atoms with E-state index in [0.717, 1.165) is 37.7 Å². The molecule has 43 heavy (non-hydrogen) atoms. The summed E-state index contributed by atoms with van der Waals surface area (Å²) in [5, 5.41) is 11.2. The van der Waals surface area contributed by atoms with Gasteiger partial charge >= 0.3 is 5.97 Å². The standard InChI is InChI=1S/C36H56O6Si/c1-26-20-21-39-30(23-26)18-19-33(37)34-16-10-15-32(42-43(7,8)36(4,5)6)25-28(3)22-27(2)24-31-14-9-12-29(40-31)13-11-17-35(38)41-34/h9-12,15,17-20,27,29-34,37H,3,13-14,16,21-25H2,1-2,4-8H3. The van der Waals surface area contributed by atoms with E-state index in [9.17, 15) is 9.90 Å². The lowest BCUT2D eigenvalue weighted by Crippen LogP contribution is -2.43. The van der Waals surface area contributed by atoms with Gasteiger partial charge in [0.1, 0.15) is 12.2 Å². The van der Waals surface area contributed by atoms with Crippen molar-refractivity contribution in [1.82, 2.24) is 0 Å². The van der Waals surface area contributed by atoms with Gasteiger partial charge in [-0.2, -0.15) is 0 Å². The van der Waals surface area contributed by atoms with E-state index in [1.54, 1.807) is 12.2 Å². The van der Waals surface area contributed by atoms with Crippen molar-refractivity contribution in [3.05, 3.63) is 72.4 Å². The Bertz CT molecular complexity index is 1080. The third kappa shape index (κ3) is 12.1. The summed E-state index contributed by atoms with van der Waals surface area (Å²) in [6.45, 7) is 20.6. The van der Waals surface area contributed by atoms with E-state index in [1.165, 1.54) is 11.6 Å². The molecule has 7 atom stereocenters. The maximum Gasteiger partial charge on any atom is 0.330 e. The third-order valence-electron chi connectivity index (χ3n) is 8.94. The molecule has 240 valence electrons. The van der Waals surface area contributed by atoms with Gasteiger partial charge in [0.25, 0.3) is 0 Å². The van der Waals surface area contributed by atoms with Crippen LogP contribution in [0.25, 0.3) is 0 Å². The SMILES string of the molecule is C=C1CC(C)CC2CC=CC(CC=CC(=O)OC(C(O)C=CC3CC(C)=CCO3)CC=CC(O[Si](C)(C)C(C)(C)C)C1)O2. The molecular weight excluding hydrogens is 556 g/mol. The molecule has 0 amide bonds. The van der Waals surface area contributed by atoms with E-state index in [-0.39, 0.29) is 29.5 Å². The van der Waals surface area contributed by atoms with Crippen LogP contribution in [0, 0.1) is 5.92 Å². The zero-order valence-corrected chi connectivity index (χ0v) is 28.6. The number of esters is 1. The van der Waals surface area contributed by atoms with E-state index < -0.39 is 26.5 Å². The molecule has 7 heteroatoms. The molecule has 0 saturated heterocycles. The summed E-state index contributed by atoms with van der Waals surface area (Å²) < 4.78 is 24.8. The number of rotatable bonds is 5. The molecule has 0 radical (unpaired) electrons. The Kier molecular flexibility index (Phi) is 13.5. The molecule has 0 aromatic heterocycles. The van der Waals surface area contributed by atoms with E-state index >= 15 is 0 Å². The van der Waals surface area contributed by atoms with E-state index in [4.69, 9.17) is 18.6 Å². The minimum Gasteiger partial charge on any atom is -0.456 e. The van der Waals surface area contributed by atoms with Gasteiger partial charge in [-0.1, -0.05) is 94.0 Å². The van der Waals surface area contributed by atoms with Crippen LogP contribution >= 0.6 is 0 Å². The first-order chi connectivity index (χ1) is 20.2. The normalized spacial score (nSPS) is 31.3. The number of carbonyl (C=O) groups is 1. The van der Waals surface area contributed by atoms with Crippen LogP contribution in [0.3, 0.4) is 0 Å². The lowest BCUT2D eigenvalue weighted by molar-refractivity contribution is -0.147. The first-order valence-electron chi connectivity index (χ1n) is 16.1. The molecule has 0 spiro atoms. The van der Waals surface area contributed by atoms with Crippen molar-refractivity contribution < 1.29 is 28.5 Å². The van der Waals surface area contributed by atoms with E-state index in [0.29, 0.717) is 25.4 Å². The Morgan fingerprint density at radius 3 is 2.56 bits per heavy atom. The molecule has 3 rings (SSSR count). The maximum absolute atomic E-state index is 12.9. The lowest BCUT2D eigenvalue weighted by Gasteiger charge is -2.39. The van der Waals surface area contributed by atoms with Gasteiger partial charge in [-0.05, 0) is 69.5 Å². The van der Waals surface area contributed by atoms with Crippen molar-refractivity contribution in [2.45, 2.75) is 134 Å². The Morgan fingerprint density at radius 1 is 1.09 bits per heavy atom. The number of aliphatic hydroxyl groups is 1. The van der Waals surface area contributed by atoms with Crippen LogP contribution in [0.15, 0.2) is 72.4 Å². The summed E-state index contributed by atoms with van der Waals surface area (Å²) in [5.41, 5.74) is 2.42. The van der Waals surface area contributed by atoms with Crippen molar-refractivity contribution in [3.8, 4) is 0 Å². The van der Waals surface area contributed by atoms with E-state index in [2.05, 4.69) is 78.6 Å². The highest BCUT2D eigenvalue weighted by atomic mass is 28.4. The van der Waals surface area contributed by atoms with Crippen LogP contribution in [0.1, 0.15) is 79.6 Å². The average Bonchev–Trinajstić information content (AvgIpc) is 2.90. The highest BCUT2D eigenvalue weighted by molar-refractivity contribution is 6.74. The number of ether oxygens (including phenoxy) is 3. The molecule has 1 N–H and O–H groups in total. The average molecular weight is 613 g/mol. The fourth-order valence-electron chi connectivity index (χ4n) is 5.48. The largest absolute Gasteiger partial charge is 0.456 e. The highest BCUT2D eigenvalue weighted by Crippen LogP contribution is 2.38. The number of hydrogen-bond acceptors (Lipinski definition) is 6. The predicted molar refractivity (Wildman–Crippen MR) is 177 cm³/mol. The predicted octanol–water partition coefficient (Wildman–Crippen LogP) is 7.92. The second kappa shape index (κ2) is 16.3. The second-order valence-electron chi connectivity index (χ2n) is 14.2. The molecule has 0 aliphatic carbocycles. The maximum atomic E-state index is 12.9. The number of aliphatic hydroxyl groups excluding tert-OH is 1. The Morgan fingerprint density at radius 2 is 1.84 bits per heavy atom. The first kappa shape index (κ1) is 35.4. The first-order valence-corrected chi connectivity index (χ1v) is 19.0. The fraction of sp³-hybridized carbons (Fsp3) is 0.639. The summed E-state index contributed by atoms with van der Waals surface area (Å²) in [4.78, 5) is 12.9. The number of hydrogen-bond donors (Lipinski definition) is 1. The zero-order chi connectivity index (χ0) is 31.6. The smallest absolute Gasteiger partial charge is 0.330 e. The van der Waals surface area contributed by atoms with Gasteiger partial charge in [-0.3, -0.25) is 0 Å². The van der Waals surface area contributed by atoms with Crippen LogP contribution in [0.5, 0.6) is 0 Å². The Balaban J connectivity index is 1.84. The minimum absolute atomic E-state index is 0.0595. The van der Waals surface area contributed by atoms with Crippen molar-refractivity contribution in [3.63, 3.8) is 0 Å². The molecule has 7 unspecified atom stereocenters. The molecule has 3 aliphatic heterocycles. The molecule has 0 aromatic carbocycles. The summed E-state index contributed by atoms with van der Waals surface area (Å²) in [6, 6.07) is 0. The van der Waals surface area contributed by atoms with Gasteiger partial charge in [0.2, 0.25) is 0 Å².